The van der Waals surface area contributed by atoms with Crippen LogP contribution in [-0.4, -0.2) is 24.8 Å². The van der Waals surface area contributed by atoms with Gasteiger partial charge >= 0.3 is 5.97 Å². The van der Waals surface area contributed by atoms with Gasteiger partial charge < -0.3 is 9.47 Å². The van der Waals surface area contributed by atoms with Crippen LogP contribution in [0.3, 0.4) is 0 Å². The van der Waals surface area contributed by atoms with Gasteiger partial charge in [0.1, 0.15) is 5.60 Å². The maximum Gasteiger partial charge on any atom is 0.338 e. The minimum Gasteiger partial charge on any atom is -0.456 e. The number of benzene rings is 1. The van der Waals surface area contributed by atoms with Gasteiger partial charge in [-0.25, -0.2) is 4.79 Å². The van der Waals surface area contributed by atoms with Crippen LogP contribution in [0.5, 0.6) is 0 Å². The first-order valence-corrected chi connectivity index (χ1v) is 7.34. The quantitative estimate of drug-likeness (QED) is 0.791. The molecule has 1 fully saturated rings. The van der Waals surface area contributed by atoms with Gasteiger partial charge in [0.05, 0.1) is 5.56 Å². The first-order valence-electron chi connectivity index (χ1n) is 7.34. The SMILES string of the molecule is CC(C)(C)OC(=O)c1cccc(CC2CCOCC2)c1. The van der Waals surface area contributed by atoms with Crippen LogP contribution in [0, 0.1) is 5.92 Å². The third-order valence-electron chi connectivity index (χ3n) is 3.43. The number of esters is 1. The van der Waals surface area contributed by atoms with Crippen molar-refractivity contribution in [2.24, 2.45) is 5.92 Å². The average molecular weight is 276 g/mol. The standard InChI is InChI=1S/C17H24O3/c1-17(2,3)20-16(18)15-6-4-5-14(12-15)11-13-7-9-19-10-8-13/h4-6,12-13H,7-11H2,1-3H3. The summed E-state index contributed by atoms with van der Waals surface area (Å²) in [7, 11) is 0. The van der Waals surface area contributed by atoms with Gasteiger partial charge in [0, 0.05) is 13.2 Å². The average Bonchev–Trinajstić information content (AvgIpc) is 2.38. The Morgan fingerprint density at radius 2 is 2.00 bits per heavy atom. The summed E-state index contributed by atoms with van der Waals surface area (Å²) in [5.74, 6) is 0.420. The molecule has 0 bridgehead atoms. The van der Waals surface area contributed by atoms with Gasteiger partial charge in [0.2, 0.25) is 0 Å². The molecule has 0 saturated carbocycles. The topological polar surface area (TPSA) is 35.5 Å². The van der Waals surface area contributed by atoms with E-state index in [1.165, 1.54) is 5.56 Å². The first kappa shape index (κ1) is 15.0. The zero-order chi connectivity index (χ0) is 14.6. The van der Waals surface area contributed by atoms with Crippen molar-refractivity contribution in [1.82, 2.24) is 0 Å². The van der Waals surface area contributed by atoms with Crippen molar-refractivity contribution in [3.05, 3.63) is 35.4 Å². The second kappa shape index (κ2) is 6.40. The number of carbonyl (C=O) groups excluding carboxylic acids is 1. The van der Waals surface area contributed by atoms with Crippen LogP contribution in [0.2, 0.25) is 0 Å². The molecule has 1 heterocycles. The van der Waals surface area contributed by atoms with Crippen LogP contribution >= 0.6 is 0 Å². The van der Waals surface area contributed by atoms with Crippen LogP contribution in [0.15, 0.2) is 24.3 Å². The van der Waals surface area contributed by atoms with Crippen molar-refractivity contribution < 1.29 is 14.3 Å². The number of hydrogen-bond donors (Lipinski definition) is 0. The van der Waals surface area contributed by atoms with Crippen LogP contribution < -0.4 is 0 Å². The Bertz CT molecular complexity index is 454. The lowest BCUT2D eigenvalue weighted by molar-refractivity contribution is 0.00692. The van der Waals surface area contributed by atoms with E-state index < -0.39 is 5.60 Å². The molecule has 1 aliphatic heterocycles. The molecule has 1 aliphatic rings. The van der Waals surface area contributed by atoms with Crippen molar-refractivity contribution >= 4 is 5.97 Å². The minimum atomic E-state index is -0.451. The Labute approximate surface area is 121 Å². The second-order valence-electron chi connectivity index (χ2n) is 6.46. The number of carbonyl (C=O) groups is 1. The molecule has 0 aromatic heterocycles. The highest BCUT2D eigenvalue weighted by atomic mass is 16.6. The van der Waals surface area contributed by atoms with E-state index in [1.54, 1.807) is 0 Å². The van der Waals surface area contributed by atoms with E-state index in [0.717, 1.165) is 32.5 Å². The highest BCUT2D eigenvalue weighted by Crippen LogP contribution is 2.21. The van der Waals surface area contributed by atoms with Crippen LogP contribution in [-0.2, 0) is 15.9 Å². The Morgan fingerprint density at radius 3 is 2.65 bits per heavy atom. The Kier molecular flexibility index (Phi) is 4.81. The summed E-state index contributed by atoms with van der Waals surface area (Å²) in [4.78, 5) is 12.1. The van der Waals surface area contributed by atoms with E-state index in [2.05, 4.69) is 6.07 Å². The van der Waals surface area contributed by atoms with Gasteiger partial charge in [-0.1, -0.05) is 12.1 Å². The maximum absolute atomic E-state index is 12.1. The molecule has 0 unspecified atom stereocenters. The van der Waals surface area contributed by atoms with Crippen LogP contribution in [0.4, 0.5) is 0 Å². The molecule has 0 radical (unpaired) electrons. The first-order chi connectivity index (χ1) is 9.44. The molecule has 0 atom stereocenters. The lowest BCUT2D eigenvalue weighted by Gasteiger charge is -2.22. The monoisotopic (exact) mass is 276 g/mol. The van der Waals surface area contributed by atoms with E-state index in [1.807, 2.05) is 39.0 Å². The van der Waals surface area contributed by atoms with Crippen molar-refractivity contribution in [2.45, 2.75) is 45.6 Å². The molecule has 1 saturated heterocycles. The highest BCUT2D eigenvalue weighted by Gasteiger charge is 2.19. The molecule has 0 spiro atoms. The number of rotatable bonds is 3. The molecule has 3 nitrogen and oxygen atoms in total. The van der Waals surface area contributed by atoms with Crippen molar-refractivity contribution in [3.63, 3.8) is 0 Å². The van der Waals surface area contributed by atoms with Gasteiger partial charge in [-0.05, 0) is 63.6 Å². The molecule has 0 aliphatic carbocycles. The van der Waals surface area contributed by atoms with E-state index in [0.29, 0.717) is 11.5 Å². The minimum absolute atomic E-state index is 0.244. The number of hydrogen-bond acceptors (Lipinski definition) is 3. The molecular formula is C17H24O3. The van der Waals surface area contributed by atoms with E-state index in [4.69, 9.17) is 9.47 Å². The van der Waals surface area contributed by atoms with Crippen LogP contribution in [0.25, 0.3) is 0 Å². The normalized spacial score (nSPS) is 16.9. The van der Waals surface area contributed by atoms with Crippen molar-refractivity contribution in [2.75, 3.05) is 13.2 Å². The lowest BCUT2D eigenvalue weighted by Crippen LogP contribution is -2.24. The third kappa shape index (κ3) is 4.64. The fourth-order valence-electron chi connectivity index (χ4n) is 2.45. The number of ether oxygens (including phenoxy) is 2. The largest absolute Gasteiger partial charge is 0.456 e. The summed E-state index contributed by atoms with van der Waals surface area (Å²) < 4.78 is 10.8. The maximum atomic E-state index is 12.1. The van der Waals surface area contributed by atoms with Gasteiger partial charge in [-0.15, -0.1) is 0 Å². The Balaban J connectivity index is 2.01. The predicted octanol–water partition coefficient (Wildman–Crippen LogP) is 3.61. The van der Waals surface area contributed by atoms with Gasteiger partial charge in [0.15, 0.2) is 0 Å². The second-order valence-corrected chi connectivity index (χ2v) is 6.46. The summed E-state index contributed by atoms with van der Waals surface area (Å²) in [6.07, 6.45) is 3.23. The fourth-order valence-corrected chi connectivity index (χ4v) is 2.45. The zero-order valence-corrected chi connectivity index (χ0v) is 12.6. The highest BCUT2D eigenvalue weighted by molar-refractivity contribution is 5.89. The van der Waals surface area contributed by atoms with E-state index in [9.17, 15) is 4.79 Å². The van der Waals surface area contributed by atoms with Crippen LogP contribution in [0.1, 0.15) is 49.5 Å². The molecular weight excluding hydrogens is 252 g/mol. The Morgan fingerprint density at radius 1 is 1.30 bits per heavy atom. The smallest absolute Gasteiger partial charge is 0.338 e. The molecule has 0 amide bonds. The van der Waals surface area contributed by atoms with Gasteiger partial charge in [0.25, 0.3) is 0 Å². The summed E-state index contributed by atoms with van der Waals surface area (Å²) >= 11 is 0. The van der Waals surface area contributed by atoms with Crippen molar-refractivity contribution in [3.8, 4) is 0 Å². The van der Waals surface area contributed by atoms with Crippen molar-refractivity contribution in [1.29, 1.82) is 0 Å². The molecule has 1 aromatic carbocycles. The van der Waals surface area contributed by atoms with Gasteiger partial charge in [-0.2, -0.15) is 0 Å². The molecule has 0 N–H and O–H groups in total. The summed E-state index contributed by atoms with van der Waals surface area (Å²) in [6, 6.07) is 7.81. The summed E-state index contributed by atoms with van der Waals surface area (Å²) in [5.41, 5.74) is 1.40. The lowest BCUT2D eigenvalue weighted by atomic mass is 9.92. The van der Waals surface area contributed by atoms with Gasteiger partial charge in [-0.3, -0.25) is 0 Å². The van der Waals surface area contributed by atoms with E-state index >= 15 is 0 Å². The molecule has 20 heavy (non-hydrogen) atoms. The van der Waals surface area contributed by atoms with E-state index in [-0.39, 0.29) is 5.97 Å². The third-order valence-corrected chi connectivity index (χ3v) is 3.43. The Hall–Kier alpha value is -1.35. The molecule has 3 heteroatoms. The molecule has 110 valence electrons. The zero-order valence-electron chi connectivity index (χ0n) is 12.6. The summed E-state index contributed by atoms with van der Waals surface area (Å²) in [6.45, 7) is 7.37. The predicted molar refractivity (Wildman–Crippen MR) is 78.9 cm³/mol. The molecule has 2 rings (SSSR count). The fraction of sp³-hybridized carbons (Fsp3) is 0.588. The molecule has 1 aromatic rings. The summed E-state index contributed by atoms with van der Waals surface area (Å²) in [5, 5.41) is 0.